The number of carbonyl (C=O) groups is 1. The maximum atomic E-state index is 11.6. The molecule has 2 rings (SSSR count). The van der Waals surface area contributed by atoms with Crippen LogP contribution in [0, 0.1) is 0 Å². The molecular weight excluding hydrogens is 228 g/mol. The molecule has 1 atom stereocenters. The highest BCUT2D eigenvalue weighted by Gasteiger charge is 2.22. The van der Waals surface area contributed by atoms with Crippen LogP contribution in [0.2, 0.25) is 0 Å². The normalized spacial score (nSPS) is 20.2. The fraction of sp³-hybridized carbons (Fsp3) is 0.692. The van der Waals surface area contributed by atoms with Gasteiger partial charge in [-0.05, 0) is 18.8 Å². The van der Waals surface area contributed by atoms with Gasteiger partial charge in [0.15, 0.2) is 0 Å². The molecule has 1 amide bonds. The molecule has 0 aromatic carbocycles. The van der Waals surface area contributed by atoms with Crippen molar-refractivity contribution in [3.63, 3.8) is 0 Å². The number of nitrogens with one attached hydrogen (secondary N) is 2. The first-order chi connectivity index (χ1) is 8.58. The van der Waals surface area contributed by atoms with Gasteiger partial charge in [0.1, 0.15) is 0 Å². The Bertz CT molecular complexity index is 425. The van der Waals surface area contributed by atoms with E-state index in [1.807, 2.05) is 17.9 Å². The molecule has 0 radical (unpaired) electrons. The van der Waals surface area contributed by atoms with Gasteiger partial charge in [0, 0.05) is 31.9 Å². The minimum absolute atomic E-state index is 0.0565. The summed E-state index contributed by atoms with van der Waals surface area (Å²) in [5.41, 5.74) is 2.30. The first kappa shape index (κ1) is 13.1. The van der Waals surface area contributed by atoms with Crippen LogP contribution in [-0.4, -0.2) is 28.3 Å². The Morgan fingerprint density at radius 2 is 2.39 bits per heavy atom. The van der Waals surface area contributed by atoms with Gasteiger partial charge in [-0.1, -0.05) is 13.8 Å². The van der Waals surface area contributed by atoms with Crippen molar-refractivity contribution in [1.82, 2.24) is 20.4 Å². The fourth-order valence-electron chi connectivity index (χ4n) is 2.38. The van der Waals surface area contributed by atoms with Crippen molar-refractivity contribution in [2.75, 3.05) is 6.54 Å². The van der Waals surface area contributed by atoms with Crippen molar-refractivity contribution in [1.29, 1.82) is 0 Å². The van der Waals surface area contributed by atoms with Crippen LogP contribution in [0.5, 0.6) is 0 Å². The maximum absolute atomic E-state index is 11.6. The lowest BCUT2D eigenvalue weighted by Crippen LogP contribution is -2.47. The van der Waals surface area contributed by atoms with E-state index >= 15 is 0 Å². The van der Waals surface area contributed by atoms with E-state index in [0.717, 1.165) is 25.1 Å². The second-order valence-corrected chi connectivity index (χ2v) is 5.23. The van der Waals surface area contributed by atoms with Gasteiger partial charge < -0.3 is 10.6 Å². The third-order valence-electron chi connectivity index (χ3n) is 3.31. The summed E-state index contributed by atoms with van der Waals surface area (Å²) in [5.74, 6) is 0.527. The summed E-state index contributed by atoms with van der Waals surface area (Å²) >= 11 is 0. The zero-order chi connectivity index (χ0) is 13.1. The Balaban J connectivity index is 1.99. The van der Waals surface area contributed by atoms with Crippen LogP contribution in [0.4, 0.5) is 0 Å². The third kappa shape index (κ3) is 2.90. The molecular formula is C13H22N4O. The molecule has 1 saturated heterocycles. The molecule has 1 aromatic heterocycles. The van der Waals surface area contributed by atoms with Gasteiger partial charge in [-0.3, -0.25) is 9.48 Å². The largest absolute Gasteiger partial charge is 0.355 e. The van der Waals surface area contributed by atoms with Crippen LogP contribution in [0.25, 0.3) is 0 Å². The quantitative estimate of drug-likeness (QED) is 0.835. The van der Waals surface area contributed by atoms with E-state index in [1.54, 1.807) is 0 Å². The van der Waals surface area contributed by atoms with Gasteiger partial charge in [-0.2, -0.15) is 5.10 Å². The highest BCUT2D eigenvalue weighted by Crippen LogP contribution is 2.17. The molecule has 1 aromatic rings. The van der Waals surface area contributed by atoms with E-state index in [2.05, 4.69) is 29.6 Å². The zero-order valence-corrected chi connectivity index (χ0v) is 11.4. The summed E-state index contributed by atoms with van der Waals surface area (Å²) in [6.07, 6.45) is 4.00. The molecule has 0 bridgehead atoms. The van der Waals surface area contributed by atoms with E-state index in [0.29, 0.717) is 12.5 Å². The molecule has 5 heteroatoms. The standard InChI is InChI=1S/C13H22N4O/c1-9(2)12-10(8-17(3)16-12)7-15-11-5-4-6-14-13(11)18/h8-9,11,15H,4-7H2,1-3H3,(H,14,18). The molecule has 0 saturated carbocycles. The second-order valence-electron chi connectivity index (χ2n) is 5.23. The number of piperidine rings is 1. The van der Waals surface area contributed by atoms with Crippen molar-refractivity contribution in [3.05, 3.63) is 17.5 Å². The molecule has 2 heterocycles. The molecule has 0 spiro atoms. The minimum Gasteiger partial charge on any atom is -0.355 e. The molecule has 1 aliphatic rings. The Labute approximate surface area is 108 Å². The number of aryl methyl sites for hydroxylation is 1. The molecule has 2 N–H and O–H groups in total. The van der Waals surface area contributed by atoms with Crippen LogP contribution >= 0.6 is 0 Å². The van der Waals surface area contributed by atoms with Crippen LogP contribution < -0.4 is 10.6 Å². The number of hydrogen-bond acceptors (Lipinski definition) is 3. The summed E-state index contributed by atoms with van der Waals surface area (Å²) in [6.45, 7) is 5.79. The van der Waals surface area contributed by atoms with E-state index in [1.165, 1.54) is 5.56 Å². The van der Waals surface area contributed by atoms with Crippen molar-refractivity contribution in [2.24, 2.45) is 7.05 Å². The van der Waals surface area contributed by atoms with Crippen molar-refractivity contribution >= 4 is 5.91 Å². The molecule has 1 fully saturated rings. The van der Waals surface area contributed by atoms with Crippen molar-refractivity contribution in [2.45, 2.75) is 45.2 Å². The topological polar surface area (TPSA) is 59.0 Å². The van der Waals surface area contributed by atoms with Gasteiger partial charge in [0.2, 0.25) is 5.91 Å². The van der Waals surface area contributed by atoms with Gasteiger partial charge >= 0.3 is 0 Å². The molecule has 1 unspecified atom stereocenters. The van der Waals surface area contributed by atoms with E-state index in [9.17, 15) is 4.79 Å². The van der Waals surface area contributed by atoms with Gasteiger partial charge in [-0.25, -0.2) is 0 Å². The number of aromatic nitrogens is 2. The van der Waals surface area contributed by atoms with Crippen LogP contribution in [-0.2, 0) is 18.4 Å². The Hall–Kier alpha value is -1.36. The molecule has 18 heavy (non-hydrogen) atoms. The minimum atomic E-state index is -0.0565. The maximum Gasteiger partial charge on any atom is 0.237 e. The highest BCUT2D eigenvalue weighted by molar-refractivity contribution is 5.82. The van der Waals surface area contributed by atoms with Gasteiger partial charge in [0.25, 0.3) is 0 Å². The summed E-state index contributed by atoms with van der Waals surface area (Å²) < 4.78 is 1.84. The Kier molecular flexibility index (Phi) is 4.01. The lowest BCUT2D eigenvalue weighted by molar-refractivity contribution is -0.124. The third-order valence-corrected chi connectivity index (χ3v) is 3.31. The Morgan fingerprint density at radius 3 is 3.06 bits per heavy atom. The molecule has 0 aliphatic carbocycles. The van der Waals surface area contributed by atoms with Crippen molar-refractivity contribution < 1.29 is 4.79 Å². The zero-order valence-electron chi connectivity index (χ0n) is 11.4. The number of amides is 1. The highest BCUT2D eigenvalue weighted by atomic mass is 16.2. The van der Waals surface area contributed by atoms with E-state index in [4.69, 9.17) is 0 Å². The van der Waals surface area contributed by atoms with Crippen LogP contribution in [0.15, 0.2) is 6.20 Å². The first-order valence-corrected chi connectivity index (χ1v) is 6.61. The van der Waals surface area contributed by atoms with E-state index in [-0.39, 0.29) is 11.9 Å². The predicted molar refractivity (Wildman–Crippen MR) is 70.2 cm³/mol. The summed E-state index contributed by atoms with van der Waals surface area (Å²) in [6, 6.07) is -0.0565. The number of nitrogens with zero attached hydrogens (tertiary/aromatic N) is 2. The molecule has 5 nitrogen and oxygen atoms in total. The fourth-order valence-corrected chi connectivity index (χ4v) is 2.38. The predicted octanol–water partition coefficient (Wildman–Crippen LogP) is 0.912. The van der Waals surface area contributed by atoms with Crippen molar-refractivity contribution in [3.8, 4) is 0 Å². The van der Waals surface area contributed by atoms with Gasteiger partial charge in [-0.15, -0.1) is 0 Å². The van der Waals surface area contributed by atoms with Gasteiger partial charge in [0.05, 0.1) is 11.7 Å². The number of carbonyl (C=O) groups excluding carboxylic acids is 1. The summed E-state index contributed by atoms with van der Waals surface area (Å²) in [4.78, 5) is 11.6. The Morgan fingerprint density at radius 1 is 1.61 bits per heavy atom. The van der Waals surface area contributed by atoms with Crippen LogP contribution in [0.1, 0.15) is 43.9 Å². The second kappa shape index (κ2) is 5.52. The van der Waals surface area contributed by atoms with E-state index < -0.39 is 0 Å². The lowest BCUT2D eigenvalue weighted by atomic mass is 10.0. The van der Waals surface area contributed by atoms with Crippen LogP contribution in [0.3, 0.4) is 0 Å². The molecule has 1 aliphatic heterocycles. The molecule has 100 valence electrons. The summed E-state index contributed by atoms with van der Waals surface area (Å²) in [7, 11) is 1.93. The monoisotopic (exact) mass is 250 g/mol. The average molecular weight is 250 g/mol. The summed E-state index contributed by atoms with van der Waals surface area (Å²) in [5, 5.41) is 10.7. The average Bonchev–Trinajstić information content (AvgIpc) is 2.70. The SMILES string of the molecule is CC(C)c1nn(C)cc1CNC1CCCNC1=O. The smallest absolute Gasteiger partial charge is 0.237 e. The lowest BCUT2D eigenvalue weighted by Gasteiger charge is -2.22. The number of hydrogen-bond donors (Lipinski definition) is 2. The number of rotatable bonds is 4. The first-order valence-electron chi connectivity index (χ1n) is 6.61.